The second-order valence-electron chi connectivity index (χ2n) is 7.57. The molecule has 140 valence electrons. The Bertz CT molecular complexity index is 522. The van der Waals surface area contributed by atoms with Crippen molar-refractivity contribution in [2.24, 2.45) is 5.92 Å². The van der Waals surface area contributed by atoms with Gasteiger partial charge >= 0.3 is 0 Å². The summed E-state index contributed by atoms with van der Waals surface area (Å²) in [5, 5.41) is 5.95. The summed E-state index contributed by atoms with van der Waals surface area (Å²) < 4.78 is 0. The van der Waals surface area contributed by atoms with Crippen LogP contribution in [0.4, 0.5) is 0 Å². The summed E-state index contributed by atoms with van der Waals surface area (Å²) >= 11 is 1.48. The van der Waals surface area contributed by atoms with E-state index in [4.69, 9.17) is 0 Å². The lowest BCUT2D eigenvalue weighted by molar-refractivity contribution is -0.152. The molecule has 0 bridgehead atoms. The van der Waals surface area contributed by atoms with E-state index in [1.807, 2.05) is 6.26 Å². The zero-order valence-corrected chi connectivity index (χ0v) is 15.8. The molecular weight excluding hydrogens is 338 g/mol. The molecule has 3 rings (SSSR count). The van der Waals surface area contributed by atoms with Crippen molar-refractivity contribution in [3.63, 3.8) is 0 Å². The third-order valence-electron chi connectivity index (χ3n) is 5.74. The summed E-state index contributed by atoms with van der Waals surface area (Å²) in [7, 11) is 0. The molecule has 25 heavy (non-hydrogen) atoms. The Labute approximate surface area is 153 Å². The van der Waals surface area contributed by atoms with Gasteiger partial charge < -0.3 is 15.5 Å². The van der Waals surface area contributed by atoms with Crippen LogP contribution in [0, 0.1) is 5.92 Å². The fourth-order valence-corrected chi connectivity index (χ4v) is 4.80. The molecule has 3 atom stereocenters. The molecule has 1 aliphatic carbocycles. The van der Waals surface area contributed by atoms with Crippen LogP contribution in [0.15, 0.2) is 0 Å². The van der Waals surface area contributed by atoms with E-state index in [9.17, 15) is 14.4 Å². The number of piperazine rings is 1. The Morgan fingerprint density at radius 1 is 1.24 bits per heavy atom. The molecule has 2 aliphatic heterocycles. The molecule has 6 nitrogen and oxygen atoms in total. The van der Waals surface area contributed by atoms with Gasteiger partial charge in [0.15, 0.2) is 0 Å². The van der Waals surface area contributed by atoms with Crippen LogP contribution >= 0.6 is 11.8 Å². The molecule has 3 aliphatic rings. The van der Waals surface area contributed by atoms with E-state index < -0.39 is 6.04 Å². The van der Waals surface area contributed by atoms with Crippen LogP contribution in [0.2, 0.25) is 0 Å². The van der Waals surface area contributed by atoms with Gasteiger partial charge in [-0.05, 0) is 31.4 Å². The number of hydrogen-bond acceptors (Lipinski definition) is 4. The van der Waals surface area contributed by atoms with Crippen LogP contribution < -0.4 is 10.6 Å². The third-order valence-corrected chi connectivity index (χ3v) is 6.29. The van der Waals surface area contributed by atoms with Crippen LogP contribution in [-0.4, -0.2) is 59.3 Å². The van der Waals surface area contributed by atoms with Gasteiger partial charge in [-0.25, -0.2) is 0 Å². The van der Waals surface area contributed by atoms with Crippen molar-refractivity contribution in [3.8, 4) is 0 Å². The first-order chi connectivity index (χ1) is 12.1. The quantitative estimate of drug-likeness (QED) is 0.768. The number of fused-ring (bicyclic) bond motifs is 1. The SMILES string of the molecule is CSCC(=O)N[C@H]1CCN2C(=O)[C@H](CC3CCCCC3)NC(=O)[C@@H]2C1. The Balaban J connectivity index is 1.57. The van der Waals surface area contributed by atoms with Crippen LogP contribution in [0.3, 0.4) is 0 Å². The maximum Gasteiger partial charge on any atom is 0.245 e. The van der Waals surface area contributed by atoms with E-state index in [-0.39, 0.29) is 29.8 Å². The second kappa shape index (κ2) is 8.43. The topological polar surface area (TPSA) is 78.5 Å². The Morgan fingerprint density at radius 2 is 2.00 bits per heavy atom. The molecular formula is C18H29N3O3S. The molecule has 0 radical (unpaired) electrons. The summed E-state index contributed by atoms with van der Waals surface area (Å²) in [6.45, 7) is 0.558. The van der Waals surface area contributed by atoms with Crippen LogP contribution in [0.5, 0.6) is 0 Å². The number of carbonyl (C=O) groups excluding carboxylic acids is 3. The molecule has 2 N–H and O–H groups in total. The van der Waals surface area contributed by atoms with Gasteiger partial charge in [-0.2, -0.15) is 11.8 Å². The van der Waals surface area contributed by atoms with E-state index in [1.54, 1.807) is 4.90 Å². The van der Waals surface area contributed by atoms with E-state index in [1.165, 1.54) is 43.9 Å². The first-order valence-electron chi connectivity index (χ1n) is 9.47. The van der Waals surface area contributed by atoms with E-state index >= 15 is 0 Å². The fraction of sp³-hybridized carbons (Fsp3) is 0.833. The highest BCUT2D eigenvalue weighted by Crippen LogP contribution is 2.30. The molecule has 1 saturated carbocycles. The summed E-state index contributed by atoms with van der Waals surface area (Å²) in [6.07, 6.45) is 10.0. The number of amides is 3. The van der Waals surface area contributed by atoms with Crippen molar-refractivity contribution in [1.82, 2.24) is 15.5 Å². The summed E-state index contributed by atoms with van der Waals surface area (Å²) in [5.74, 6) is 1.01. The summed E-state index contributed by atoms with van der Waals surface area (Å²) in [5.41, 5.74) is 0. The van der Waals surface area contributed by atoms with Gasteiger partial charge in [-0.15, -0.1) is 0 Å². The highest BCUT2D eigenvalue weighted by molar-refractivity contribution is 7.99. The number of carbonyl (C=O) groups is 3. The van der Waals surface area contributed by atoms with Crippen molar-refractivity contribution in [3.05, 3.63) is 0 Å². The van der Waals surface area contributed by atoms with E-state index in [0.29, 0.717) is 24.6 Å². The van der Waals surface area contributed by atoms with Gasteiger partial charge in [0.05, 0.1) is 5.75 Å². The Kier molecular flexibility index (Phi) is 6.25. The minimum Gasteiger partial charge on any atom is -0.352 e. The molecule has 3 fully saturated rings. The van der Waals surface area contributed by atoms with Crippen molar-refractivity contribution < 1.29 is 14.4 Å². The van der Waals surface area contributed by atoms with Crippen molar-refractivity contribution in [2.75, 3.05) is 18.6 Å². The maximum atomic E-state index is 12.8. The fourth-order valence-electron chi connectivity index (χ4n) is 4.45. The number of hydrogen-bond donors (Lipinski definition) is 2. The number of rotatable bonds is 5. The van der Waals surface area contributed by atoms with Crippen molar-refractivity contribution >= 4 is 29.5 Å². The summed E-state index contributed by atoms with van der Waals surface area (Å²) in [4.78, 5) is 38.9. The standard InChI is InChI=1S/C18H29N3O3S/c1-25-11-16(22)19-13-7-8-21-15(10-13)17(23)20-14(18(21)24)9-12-5-3-2-4-6-12/h12-15H,2-11H2,1H3,(H,19,22)(H,20,23)/t13-,14-,15-/m0/s1. The van der Waals surface area contributed by atoms with Crippen LogP contribution in [-0.2, 0) is 14.4 Å². The number of piperidine rings is 1. The minimum absolute atomic E-state index is 0.00340. The molecule has 2 heterocycles. The molecule has 0 spiro atoms. The van der Waals surface area contributed by atoms with Gasteiger partial charge in [0.1, 0.15) is 12.1 Å². The molecule has 0 aromatic carbocycles. The summed E-state index contributed by atoms with van der Waals surface area (Å²) in [6, 6.07) is -0.799. The first kappa shape index (κ1) is 18.5. The van der Waals surface area contributed by atoms with E-state index in [0.717, 1.165) is 12.8 Å². The van der Waals surface area contributed by atoms with Crippen LogP contribution in [0.25, 0.3) is 0 Å². The Hall–Kier alpha value is -1.24. The monoisotopic (exact) mass is 367 g/mol. The maximum absolute atomic E-state index is 12.8. The zero-order valence-electron chi connectivity index (χ0n) is 15.0. The smallest absolute Gasteiger partial charge is 0.245 e. The molecule has 0 aromatic heterocycles. The van der Waals surface area contributed by atoms with Gasteiger partial charge in [0.25, 0.3) is 0 Å². The molecule has 0 aromatic rings. The molecule has 2 saturated heterocycles. The zero-order chi connectivity index (χ0) is 17.8. The lowest BCUT2D eigenvalue weighted by Crippen LogP contribution is -2.67. The number of nitrogens with one attached hydrogen (secondary N) is 2. The van der Waals surface area contributed by atoms with E-state index in [2.05, 4.69) is 10.6 Å². The van der Waals surface area contributed by atoms with Gasteiger partial charge in [-0.1, -0.05) is 32.1 Å². The van der Waals surface area contributed by atoms with Crippen molar-refractivity contribution in [2.45, 2.75) is 69.5 Å². The number of nitrogens with zero attached hydrogens (tertiary/aromatic N) is 1. The normalized spacial score (nSPS) is 30.6. The van der Waals surface area contributed by atoms with Gasteiger partial charge in [-0.3, -0.25) is 14.4 Å². The third kappa shape index (κ3) is 4.49. The van der Waals surface area contributed by atoms with Gasteiger partial charge in [0.2, 0.25) is 17.7 Å². The predicted molar refractivity (Wildman–Crippen MR) is 98.2 cm³/mol. The molecule has 0 unspecified atom stereocenters. The average Bonchev–Trinajstić information content (AvgIpc) is 2.60. The first-order valence-corrected chi connectivity index (χ1v) is 10.9. The number of thioether (sulfide) groups is 1. The van der Waals surface area contributed by atoms with Gasteiger partial charge in [0, 0.05) is 12.6 Å². The lowest BCUT2D eigenvalue weighted by Gasteiger charge is -2.44. The molecule has 3 amide bonds. The predicted octanol–water partition coefficient (Wildman–Crippen LogP) is 1.29. The molecule has 7 heteroatoms. The largest absolute Gasteiger partial charge is 0.352 e. The lowest BCUT2D eigenvalue weighted by atomic mass is 9.83. The minimum atomic E-state index is -0.427. The second-order valence-corrected chi connectivity index (χ2v) is 8.44. The average molecular weight is 368 g/mol. The van der Waals surface area contributed by atoms with Crippen molar-refractivity contribution in [1.29, 1.82) is 0 Å². The van der Waals surface area contributed by atoms with Crippen LogP contribution in [0.1, 0.15) is 51.4 Å². The highest BCUT2D eigenvalue weighted by atomic mass is 32.2. The Morgan fingerprint density at radius 3 is 2.72 bits per heavy atom. The highest BCUT2D eigenvalue weighted by Gasteiger charge is 2.44.